The molecule has 1 saturated heterocycles. The zero-order valence-corrected chi connectivity index (χ0v) is 12.0. The molecule has 2 atom stereocenters. The van der Waals surface area contributed by atoms with Crippen LogP contribution in [0.5, 0.6) is 0 Å². The van der Waals surface area contributed by atoms with Gasteiger partial charge in [-0.25, -0.2) is 0 Å². The summed E-state index contributed by atoms with van der Waals surface area (Å²) in [5.74, 6) is 0.0619. The second kappa shape index (κ2) is 5.74. The third kappa shape index (κ3) is 2.81. The molecular formula is C16H23NO2. The summed E-state index contributed by atoms with van der Waals surface area (Å²) in [6.45, 7) is 6.54. The normalized spacial score (nSPS) is 21.3. The molecule has 0 bridgehead atoms. The van der Waals surface area contributed by atoms with E-state index in [-0.39, 0.29) is 11.9 Å². The van der Waals surface area contributed by atoms with Crippen molar-refractivity contribution in [1.29, 1.82) is 0 Å². The van der Waals surface area contributed by atoms with Crippen LogP contribution in [0.3, 0.4) is 0 Å². The molecule has 2 rings (SSSR count). The first-order valence-electron chi connectivity index (χ1n) is 7.07. The van der Waals surface area contributed by atoms with Crippen LogP contribution >= 0.6 is 0 Å². The molecule has 2 unspecified atom stereocenters. The monoisotopic (exact) mass is 261 g/mol. The van der Waals surface area contributed by atoms with E-state index >= 15 is 0 Å². The van der Waals surface area contributed by atoms with E-state index in [2.05, 4.69) is 0 Å². The summed E-state index contributed by atoms with van der Waals surface area (Å²) in [6, 6.07) is 5.80. The fourth-order valence-electron chi connectivity index (χ4n) is 2.85. The molecule has 1 fully saturated rings. The number of likely N-dealkylation sites (tertiary alicyclic amines) is 1. The number of nitrogens with zero attached hydrogens (tertiary/aromatic N) is 1. The van der Waals surface area contributed by atoms with Gasteiger partial charge >= 0.3 is 0 Å². The highest BCUT2D eigenvalue weighted by Crippen LogP contribution is 2.24. The van der Waals surface area contributed by atoms with E-state index in [1.165, 1.54) is 0 Å². The number of aliphatic hydroxyl groups is 1. The van der Waals surface area contributed by atoms with Gasteiger partial charge in [-0.05, 0) is 57.2 Å². The molecule has 1 amide bonds. The zero-order valence-electron chi connectivity index (χ0n) is 12.0. The molecule has 1 aromatic rings. The van der Waals surface area contributed by atoms with Crippen molar-refractivity contribution in [2.45, 2.75) is 52.2 Å². The number of amides is 1. The fourth-order valence-corrected chi connectivity index (χ4v) is 2.85. The van der Waals surface area contributed by atoms with E-state index in [9.17, 15) is 9.90 Å². The number of hydrogen-bond acceptors (Lipinski definition) is 2. The smallest absolute Gasteiger partial charge is 0.254 e. The van der Waals surface area contributed by atoms with Crippen LogP contribution in [0.25, 0.3) is 0 Å². The average Bonchev–Trinajstić information content (AvgIpc) is 2.41. The van der Waals surface area contributed by atoms with Crippen molar-refractivity contribution in [1.82, 2.24) is 4.90 Å². The lowest BCUT2D eigenvalue weighted by Crippen LogP contribution is -2.49. The summed E-state index contributed by atoms with van der Waals surface area (Å²) in [5, 5.41) is 9.87. The first kappa shape index (κ1) is 14.1. The molecule has 0 saturated carbocycles. The Balaban J connectivity index is 2.29. The Hall–Kier alpha value is -1.35. The Morgan fingerprint density at radius 2 is 2.11 bits per heavy atom. The van der Waals surface area contributed by atoms with Gasteiger partial charge in [0.2, 0.25) is 0 Å². The molecule has 3 nitrogen and oxygen atoms in total. The van der Waals surface area contributed by atoms with Crippen LogP contribution in [-0.2, 0) is 0 Å². The predicted octanol–water partition coefficient (Wildman–Crippen LogP) is 2.68. The Bertz CT molecular complexity index is 468. The van der Waals surface area contributed by atoms with Gasteiger partial charge < -0.3 is 10.0 Å². The zero-order chi connectivity index (χ0) is 14.0. The SMILES string of the molecule is Cc1cccc(C(=O)N2CCCCC2C(C)O)c1C. The van der Waals surface area contributed by atoms with Crippen LogP contribution in [-0.4, -0.2) is 34.6 Å². The van der Waals surface area contributed by atoms with Gasteiger partial charge in [0.05, 0.1) is 12.1 Å². The summed E-state index contributed by atoms with van der Waals surface area (Å²) in [5.41, 5.74) is 2.95. The number of benzene rings is 1. The van der Waals surface area contributed by atoms with Crippen LogP contribution in [0.15, 0.2) is 18.2 Å². The number of aliphatic hydroxyl groups excluding tert-OH is 1. The number of carbonyl (C=O) groups is 1. The summed E-state index contributed by atoms with van der Waals surface area (Å²) < 4.78 is 0. The molecule has 0 aliphatic carbocycles. The second-order valence-corrected chi connectivity index (χ2v) is 5.55. The van der Waals surface area contributed by atoms with Crippen molar-refractivity contribution in [3.05, 3.63) is 34.9 Å². The van der Waals surface area contributed by atoms with Crippen LogP contribution in [0.2, 0.25) is 0 Å². The van der Waals surface area contributed by atoms with Crippen LogP contribution < -0.4 is 0 Å². The molecule has 3 heteroatoms. The summed E-state index contributed by atoms with van der Waals surface area (Å²) in [7, 11) is 0. The molecule has 0 radical (unpaired) electrons. The van der Waals surface area contributed by atoms with E-state index < -0.39 is 6.10 Å². The molecule has 1 aromatic carbocycles. The molecular weight excluding hydrogens is 238 g/mol. The molecule has 1 aliphatic heterocycles. The average molecular weight is 261 g/mol. The quantitative estimate of drug-likeness (QED) is 0.889. The fraction of sp³-hybridized carbons (Fsp3) is 0.562. The minimum absolute atomic E-state index is 0.0406. The molecule has 1 N–H and O–H groups in total. The molecule has 0 spiro atoms. The Kier molecular flexibility index (Phi) is 4.25. The van der Waals surface area contributed by atoms with E-state index in [0.29, 0.717) is 0 Å². The lowest BCUT2D eigenvalue weighted by atomic mass is 9.95. The highest BCUT2D eigenvalue weighted by Gasteiger charge is 2.31. The van der Waals surface area contributed by atoms with E-state index in [1.807, 2.05) is 36.9 Å². The predicted molar refractivity (Wildman–Crippen MR) is 76.3 cm³/mol. The van der Waals surface area contributed by atoms with Crippen molar-refractivity contribution in [2.75, 3.05) is 6.54 Å². The molecule has 0 aromatic heterocycles. The van der Waals surface area contributed by atoms with Crippen molar-refractivity contribution in [2.24, 2.45) is 0 Å². The van der Waals surface area contributed by atoms with Crippen molar-refractivity contribution >= 4 is 5.91 Å². The van der Waals surface area contributed by atoms with Gasteiger partial charge in [-0.2, -0.15) is 0 Å². The first-order chi connectivity index (χ1) is 9.02. The van der Waals surface area contributed by atoms with Gasteiger partial charge in [-0.3, -0.25) is 4.79 Å². The summed E-state index contributed by atoms with van der Waals surface area (Å²) in [6.07, 6.45) is 2.55. The van der Waals surface area contributed by atoms with Gasteiger partial charge in [0, 0.05) is 12.1 Å². The lowest BCUT2D eigenvalue weighted by Gasteiger charge is -2.37. The molecule has 1 aliphatic rings. The maximum Gasteiger partial charge on any atom is 0.254 e. The summed E-state index contributed by atoms with van der Waals surface area (Å²) in [4.78, 5) is 14.6. The van der Waals surface area contributed by atoms with Crippen LogP contribution in [0.1, 0.15) is 47.7 Å². The molecule has 1 heterocycles. The number of carbonyl (C=O) groups excluding carboxylic acids is 1. The third-order valence-corrected chi connectivity index (χ3v) is 4.20. The largest absolute Gasteiger partial charge is 0.391 e. The van der Waals surface area contributed by atoms with Crippen molar-refractivity contribution in [3.63, 3.8) is 0 Å². The van der Waals surface area contributed by atoms with E-state index in [0.717, 1.165) is 42.5 Å². The molecule has 19 heavy (non-hydrogen) atoms. The van der Waals surface area contributed by atoms with E-state index in [4.69, 9.17) is 0 Å². The van der Waals surface area contributed by atoms with Gasteiger partial charge in [-0.1, -0.05) is 12.1 Å². The summed E-state index contributed by atoms with van der Waals surface area (Å²) >= 11 is 0. The van der Waals surface area contributed by atoms with Crippen LogP contribution in [0, 0.1) is 13.8 Å². The number of piperidine rings is 1. The maximum atomic E-state index is 12.7. The van der Waals surface area contributed by atoms with Gasteiger partial charge in [0.25, 0.3) is 5.91 Å². The standard InChI is InChI=1S/C16H23NO2/c1-11-7-6-8-14(12(11)2)16(19)17-10-5-4-9-15(17)13(3)18/h6-8,13,15,18H,4-5,9-10H2,1-3H3. The lowest BCUT2D eigenvalue weighted by molar-refractivity contribution is 0.0280. The van der Waals surface area contributed by atoms with Crippen LogP contribution in [0.4, 0.5) is 0 Å². The van der Waals surface area contributed by atoms with Gasteiger partial charge in [0.15, 0.2) is 0 Å². The minimum atomic E-state index is -0.464. The number of aryl methyl sites for hydroxylation is 1. The van der Waals surface area contributed by atoms with Crippen molar-refractivity contribution in [3.8, 4) is 0 Å². The highest BCUT2D eigenvalue weighted by molar-refractivity contribution is 5.96. The molecule has 104 valence electrons. The Morgan fingerprint density at radius 3 is 2.79 bits per heavy atom. The number of rotatable bonds is 2. The Labute approximate surface area is 115 Å². The topological polar surface area (TPSA) is 40.5 Å². The third-order valence-electron chi connectivity index (χ3n) is 4.20. The minimum Gasteiger partial charge on any atom is -0.391 e. The Morgan fingerprint density at radius 1 is 1.37 bits per heavy atom. The van der Waals surface area contributed by atoms with E-state index in [1.54, 1.807) is 6.92 Å². The highest BCUT2D eigenvalue weighted by atomic mass is 16.3. The van der Waals surface area contributed by atoms with Crippen molar-refractivity contribution < 1.29 is 9.90 Å². The number of hydrogen-bond donors (Lipinski definition) is 1. The first-order valence-corrected chi connectivity index (χ1v) is 7.07. The maximum absolute atomic E-state index is 12.7. The second-order valence-electron chi connectivity index (χ2n) is 5.55. The van der Waals surface area contributed by atoms with Gasteiger partial charge in [-0.15, -0.1) is 0 Å². The van der Waals surface area contributed by atoms with Gasteiger partial charge in [0.1, 0.15) is 0 Å².